The summed E-state index contributed by atoms with van der Waals surface area (Å²) >= 11 is 3.23. The SMILES string of the molecule is Oc1c(F)cc(Br)c2ccccc12. The van der Waals surface area contributed by atoms with Gasteiger partial charge in [0.2, 0.25) is 0 Å². The molecule has 0 aliphatic carbocycles. The number of benzene rings is 2. The molecule has 13 heavy (non-hydrogen) atoms. The molecule has 2 rings (SSSR count). The lowest BCUT2D eigenvalue weighted by atomic mass is 10.1. The molecule has 0 bridgehead atoms. The highest BCUT2D eigenvalue weighted by Gasteiger charge is 2.08. The highest BCUT2D eigenvalue weighted by molar-refractivity contribution is 9.10. The minimum Gasteiger partial charge on any atom is -0.504 e. The third kappa shape index (κ3) is 1.29. The molecule has 0 aromatic heterocycles. The van der Waals surface area contributed by atoms with Crippen LogP contribution in [0.2, 0.25) is 0 Å². The number of hydrogen-bond acceptors (Lipinski definition) is 1. The van der Waals surface area contributed by atoms with Crippen LogP contribution in [0.25, 0.3) is 10.8 Å². The van der Waals surface area contributed by atoms with Crippen LogP contribution in [0.5, 0.6) is 5.75 Å². The second-order valence-electron chi connectivity index (χ2n) is 2.73. The van der Waals surface area contributed by atoms with E-state index >= 15 is 0 Å². The molecule has 0 fully saturated rings. The van der Waals surface area contributed by atoms with Crippen molar-refractivity contribution in [2.75, 3.05) is 0 Å². The highest BCUT2D eigenvalue weighted by atomic mass is 79.9. The predicted molar refractivity (Wildman–Crippen MR) is 53.3 cm³/mol. The van der Waals surface area contributed by atoms with Gasteiger partial charge in [-0.2, -0.15) is 0 Å². The summed E-state index contributed by atoms with van der Waals surface area (Å²) in [6.45, 7) is 0. The first-order valence-corrected chi connectivity index (χ1v) is 4.55. The summed E-state index contributed by atoms with van der Waals surface area (Å²) < 4.78 is 13.7. The van der Waals surface area contributed by atoms with Crippen LogP contribution in [0.1, 0.15) is 0 Å². The third-order valence-corrected chi connectivity index (χ3v) is 2.58. The Hall–Kier alpha value is -1.09. The first-order valence-electron chi connectivity index (χ1n) is 3.76. The summed E-state index contributed by atoms with van der Waals surface area (Å²) in [5.41, 5.74) is 0. The highest BCUT2D eigenvalue weighted by Crippen LogP contribution is 2.33. The van der Waals surface area contributed by atoms with Crippen molar-refractivity contribution in [3.05, 3.63) is 40.6 Å². The van der Waals surface area contributed by atoms with Crippen LogP contribution in [0.3, 0.4) is 0 Å². The zero-order valence-electron chi connectivity index (χ0n) is 6.59. The lowest BCUT2D eigenvalue weighted by Crippen LogP contribution is -1.81. The molecule has 0 saturated carbocycles. The zero-order chi connectivity index (χ0) is 9.42. The van der Waals surface area contributed by atoms with E-state index in [9.17, 15) is 9.50 Å². The maximum atomic E-state index is 13.0. The largest absolute Gasteiger partial charge is 0.504 e. The molecule has 0 radical (unpaired) electrons. The average Bonchev–Trinajstić information content (AvgIpc) is 2.15. The average molecular weight is 241 g/mol. The number of phenolic OH excluding ortho intramolecular Hbond substituents is 1. The number of hydrogen-bond donors (Lipinski definition) is 1. The number of aromatic hydroxyl groups is 1. The van der Waals surface area contributed by atoms with E-state index < -0.39 is 5.82 Å². The molecule has 1 nitrogen and oxygen atoms in total. The van der Waals surface area contributed by atoms with Gasteiger partial charge in [0.05, 0.1) is 0 Å². The smallest absolute Gasteiger partial charge is 0.166 e. The lowest BCUT2D eigenvalue weighted by Gasteiger charge is -2.03. The van der Waals surface area contributed by atoms with Crippen molar-refractivity contribution in [3.8, 4) is 5.75 Å². The van der Waals surface area contributed by atoms with E-state index in [4.69, 9.17) is 0 Å². The molecule has 3 heteroatoms. The van der Waals surface area contributed by atoms with Crippen molar-refractivity contribution in [2.24, 2.45) is 0 Å². The fourth-order valence-electron chi connectivity index (χ4n) is 1.28. The van der Waals surface area contributed by atoms with Gasteiger partial charge in [-0.15, -0.1) is 0 Å². The lowest BCUT2D eigenvalue weighted by molar-refractivity contribution is 0.438. The molecule has 0 aliphatic heterocycles. The molecule has 0 amide bonds. The molecule has 0 unspecified atom stereocenters. The van der Waals surface area contributed by atoms with Gasteiger partial charge in [0.25, 0.3) is 0 Å². The Labute approximate surface area is 82.9 Å². The summed E-state index contributed by atoms with van der Waals surface area (Å²) in [5, 5.41) is 10.7. The molecule has 0 atom stereocenters. The van der Waals surface area contributed by atoms with Crippen LogP contribution in [-0.2, 0) is 0 Å². The van der Waals surface area contributed by atoms with E-state index in [-0.39, 0.29) is 5.75 Å². The van der Waals surface area contributed by atoms with Gasteiger partial charge in [0.1, 0.15) is 0 Å². The molecule has 1 N–H and O–H groups in total. The molecular formula is C10H6BrFO. The second kappa shape index (κ2) is 3.00. The number of halogens is 2. The summed E-state index contributed by atoms with van der Waals surface area (Å²) in [5.74, 6) is -0.899. The van der Waals surface area contributed by atoms with Gasteiger partial charge in [0, 0.05) is 9.86 Å². The van der Waals surface area contributed by atoms with Crippen molar-refractivity contribution < 1.29 is 9.50 Å². The predicted octanol–water partition coefficient (Wildman–Crippen LogP) is 3.45. The van der Waals surface area contributed by atoms with Crippen LogP contribution in [-0.4, -0.2) is 5.11 Å². The van der Waals surface area contributed by atoms with Gasteiger partial charge < -0.3 is 5.11 Å². The van der Waals surface area contributed by atoms with Crippen LogP contribution in [0, 0.1) is 5.82 Å². The van der Waals surface area contributed by atoms with Gasteiger partial charge in [-0.25, -0.2) is 4.39 Å². The van der Waals surface area contributed by atoms with Crippen molar-refractivity contribution in [2.45, 2.75) is 0 Å². The van der Waals surface area contributed by atoms with E-state index in [1.165, 1.54) is 6.07 Å². The molecule has 66 valence electrons. The fraction of sp³-hybridized carbons (Fsp3) is 0. The molecule has 0 saturated heterocycles. The minimum atomic E-state index is -0.606. The molecular weight excluding hydrogens is 235 g/mol. The van der Waals surface area contributed by atoms with E-state index in [0.29, 0.717) is 9.86 Å². The first-order chi connectivity index (χ1) is 6.20. The Kier molecular flexibility index (Phi) is 1.96. The Morgan fingerprint density at radius 2 is 1.77 bits per heavy atom. The number of rotatable bonds is 0. The summed E-state index contributed by atoms with van der Waals surface area (Å²) in [4.78, 5) is 0. The topological polar surface area (TPSA) is 20.2 Å². The Morgan fingerprint density at radius 3 is 2.46 bits per heavy atom. The molecule has 2 aromatic rings. The van der Waals surface area contributed by atoms with Crippen LogP contribution < -0.4 is 0 Å². The van der Waals surface area contributed by atoms with E-state index in [0.717, 1.165) is 5.39 Å². The molecule has 0 heterocycles. The second-order valence-corrected chi connectivity index (χ2v) is 3.59. The summed E-state index contributed by atoms with van der Waals surface area (Å²) in [6, 6.07) is 8.35. The molecule has 2 aromatic carbocycles. The maximum Gasteiger partial charge on any atom is 0.166 e. The van der Waals surface area contributed by atoms with Gasteiger partial charge in [-0.05, 0) is 11.5 Å². The molecule has 0 aliphatic rings. The fourth-order valence-corrected chi connectivity index (χ4v) is 1.83. The van der Waals surface area contributed by atoms with Gasteiger partial charge in [-0.1, -0.05) is 40.2 Å². The van der Waals surface area contributed by atoms with Crippen LogP contribution in [0.4, 0.5) is 4.39 Å². The van der Waals surface area contributed by atoms with Crippen molar-refractivity contribution in [1.82, 2.24) is 0 Å². The van der Waals surface area contributed by atoms with Crippen molar-refractivity contribution >= 4 is 26.7 Å². The van der Waals surface area contributed by atoms with E-state index in [1.807, 2.05) is 12.1 Å². The number of phenols is 1. The van der Waals surface area contributed by atoms with Crippen molar-refractivity contribution in [3.63, 3.8) is 0 Å². The van der Waals surface area contributed by atoms with Gasteiger partial charge in [0.15, 0.2) is 11.6 Å². The maximum absolute atomic E-state index is 13.0. The normalized spacial score (nSPS) is 10.6. The first kappa shape index (κ1) is 8.51. The zero-order valence-corrected chi connectivity index (χ0v) is 8.18. The quantitative estimate of drug-likeness (QED) is 0.748. The van der Waals surface area contributed by atoms with Gasteiger partial charge in [-0.3, -0.25) is 0 Å². The monoisotopic (exact) mass is 240 g/mol. The standard InChI is InChI=1S/C10H6BrFO/c11-8-5-9(12)10(13)7-4-2-1-3-6(7)8/h1-5,13H. The number of fused-ring (bicyclic) bond motifs is 1. The third-order valence-electron chi connectivity index (χ3n) is 1.92. The van der Waals surface area contributed by atoms with E-state index in [2.05, 4.69) is 15.9 Å². The summed E-state index contributed by atoms with van der Waals surface area (Å²) in [7, 11) is 0. The Bertz CT molecular complexity index is 468. The summed E-state index contributed by atoms with van der Waals surface area (Å²) in [6.07, 6.45) is 0. The van der Waals surface area contributed by atoms with Crippen LogP contribution >= 0.6 is 15.9 Å². The van der Waals surface area contributed by atoms with E-state index in [1.54, 1.807) is 12.1 Å². The Balaban J connectivity index is 2.97. The van der Waals surface area contributed by atoms with Crippen LogP contribution in [0.15, 0.2) is 34.8 Å². The van der Waals surface area contributed by atoms with Gasteiger partial charge >= 0.3 is 0 Å². The van der Waals surface area contributed by atoms with Crippen molar-refractivity contribution in [1.29, 1.82) is 0 Å². The molecule has 0 spiro atoms. The minimum absolute atomic E-state index is 0.293. The Morgan fingerprint density at radius 1 is 1.15 bits per heavy atom.